The Hall–Kier alpha value is -2.34. The number of fused-ring (bicyclic) bond motifs is 2. The van der Waals surface area contributed by atoms with E-state index in [-0.39, 0.29) is 23.0 Å². The molecule has 0 N–H and O–H groups in total. The van der Waals surface area contributed by atoms with Gasteiger partial charge in [0.15, 0.2) is 0 Å². The van der Waals surface area contributed by atoms with E-state index >= 15 is 0 Å². The maximum absolute atomic E-state index is 13.1. The number of carbonyl (C=O) groups is 1. The van der Waals surface area contributed by atoms with Crippen LogP contribution in [0, 0.1) is 28.6 Å². The van der Waals surface area contributed by atoms with Gasteiger partial charge in [-0.2, -0.15) is 5.26 Å². The van der Waals surface area contributed by atoms with E-state index in [0.717, 1.165) is 41.3 Å². The number of rotatable bonds is 4. The standard InChI is InChI=1S/C21H21NO2/c1-13(20(23)21-10-14(11-21)7-18(21)12-22)15-3-4-17-9-19(24-2)6-5-16(17)8-15/h3-6,8-9,13-14,18H,7,10-11H2,1-2H3. The summed E-state index contributed by atoms with van der Waals surface area (Å²) in [5, 5.41) is 11.6. The summed E-state index contributed by atoms with van der Waals surface area (Å²) in [6.45, 7) is 1.99. The summed E-state index contributed by atoms with van der Waals surface area (Å²) >= 11 is 0. The lowest BCUT2D eigenvalue weighted by Crippen LogP contribution is -2.42. The van der Waals surface area contributed by atoms with Gasteiger partial charge in [-0.1, -0.05) is 31.2 Å². The Morgan fingerprint density at radius 3 is 2.67 bits per heavy atom. The molecule has 0 heterocycles. The zero-order chi connectivity index (χ0) is 16.9. The van der Waals surface area contributed by atoms with Gasteiger partial charge in [-0.25, -0.2) is 0 Å². The fourth-order valence-electron chi connectivity index (χ4n) is 4.75. The molecule has 0 radical (unpaired) electrons. The van der Waals surface area contributed by atoms with Crippen LogP contribution < -0.4 is 4.74 Å². The highest BCUT2D eigenvalue weighted by molar-refractivity contribution is 5.94. The predicted octanol–water partition coefficient (Wildman–Crippen LogP) is 4.46. The third-order valence-corrected chi connectivity index (χ3v) is 6.15. The molecule has 0 saturated heterocycles. The van der Waals surface area contributed by atoms with Gasteiger partial charge in [0.2, 0.25) is 0 Å². The van der Waals surface area contributed by atoms with Crippen molar-refractivity contribution in [3.05, 3.63) is 42.0 Å². The fourth-order valence-corrected chi connectivity index (χ4v) is 4.75. The fraction of sp³-hybridized carbons (Fsp3) is 0.429. The highest BCUT2D eigenvalue weighted by Gasteiger charge is 2.62. The van der Waals surface area contributed by atoms with E-state index < -0.39 is 0 Å². The molecule has 3 aliphatic rings. The predicted molar refractivity (Wildman–Crippen MR) is 92.8 cm³/mol. The van der Waals surface area contributed by atoms with Gasteiger partial charge in [-0.15, -0.1) is 0 Å². The van der Waals surface area contributed by atoms with Crippen molar-refractivity contribution in [3.8, 4) is 11.8 Å². The van der Waals surface area contributed by atoms with E-state index in [1.54, 1.807) is 7.11 Å². The van der Waals surface area contributed by atoms with Crippen LogP contribution in [-0.4, -0.2) is 12.9 Å². The van der Waals surface area contributed by atoms with Gasteiger partial charge < -0.3 is 4.74 Å². The van der Waals surface area contributed by atoms with Crippen molar-refractivity contribution in [3.63, 3.8) is 0 Å². The first kappa shape index (κ1) is 15.2. The van der Waals surface area contributed by atoms with Crippen molar-refractivity contribution in [2.45, 2.75) is 32.1 Å². The molecule has 0 aromatic heterocycles. The molecule has 0 spiro atoms. The minimum absolute atomic E-state index is 0.0813. The van der Waals surface area contributed by atoms with Gasteiger partial charge in [-0.05, 0) is 53.6 Å². The first-order valence-corrected chi connectivity index (χ1v) is 8.59. The Morgan fingerprint density at radius 2 is 1.96 bits per heavy atom. The van der Waals surface area contributed by atoms with Gasteiger partial charge in [0.1, 0.15) is 11.5 Å². The van der Waals surface area contributed by atoms with Crippen LogP contribution in [0.4, 0.5) is 0 Å². The summed E-state index contributed by atoms with van der Waals surface area (Å²) in [7, 11) is 1.66. The lowest BCUT2D eigenvalue weighted by molar-refractivity contribution is -0.135. The Labute approximate surface area is 142 Å². The molecule has 0 amide bonds. The number of nitriles is 1. The summed E-state index contributed by atoms with van der Waals surface area (Å²) in [6, 6.07) is 14.5. The second-order valence-corrected chi connectivity index (χ2v) is 7.41. The van der Waals surface area contributed by atoms with E-state index in [1.165, 1.54) is 0 Å². The molecule has 5 rings (SSSR count). The third kappa shape index (κ3) is 2.06. The average Bonchev–Trinajstić information content (AvgIpc) is 3.15. The van der Waals surface area contributed by atoms with E-state index in [9.17, 15) is 10.1 Å². The van der Waals surface area contributed by atoms with Gasteiger partial charge in [0.25, 0.3) is 0 Å². The monoisotopic (exact) mass is 319 g/mol. The SMILES string of the molecule is COc1ccc2cc(C(C)C(=O)C34CC(CC3C#N)C4)ccc2c1. The zero-order valence-corrected chi connectivity index (χ0v) is 14.1. The van der Waals surface area contributed by atoms with Crippen LogP contribution >= 0.6 is 0 Å². The number of hydrogen-bond donors (Lipinski definition) is 0. The first-order chi connectivity index (χ1) is 11.6. The number of carbonyl (C=O) groups excluding carboxylic acids is 1. The summed E-state index contributed by atoms with van der Waals surface area (Å²) in [6.07, 6.45) is 2.74. The van der Waals surface area contributed by atoms with Crippen molar-refractivity contribution in [2.24, 2.45) is 17.3 Å². The number of ketones is 1. The van der Waals surface area contributed by atoms with Crippen LogP contribution in [0.3, 0.4) is 0 Å². The average molecular weight is 319 g/mol. The molecule has 2 aromatic rings. The van der Waals surface area contributed by atoms with Crippen molar-refractivity contribution in [1.82, 2.24) is 0 Å². The molecule has 3 heteroatoms. The minimum atomic E-state index is -0.367. The number of hydrogen-bond acceptors (Lipinski definition) is 3. The molecular weight excluding hydrogens is 298 g/mol. The molecule has 3 fully saturated rings. The Balaban J connectivity index is 1.65. The number of methoxy groups -OCH3 is 1. The summed E-state index contributed by atoms with van der Waals surface area (Å²) in [4.78, 5) is 13.1. The summed E-state index contributed by atoms with van der Waals surface area (Å²) < 4.78 is 5.26. The van der Waals surface area contributed by atoms with Crippen LogP contribution in [0.25, 0.3) is 10.8 Å². The molecule has 2 aromatic carbocycles. The second kappa shape index (κ2) is 5.34. The Kier molecular flexibility index (Phi) is 3.38. The molecule has 3 aliphatic carbocycles. The van der Waals surface area contributed by atoms with Gasteiger partial charge in [-0.3, -0.25) is 4.79 Å². The molecule has 3 nitrogen and oxygen atoms in total. The Morgan fingerprint density at radius 1 is 1.25 bits per heavy atom. The zero-order valence-electron chi connectivity index (χ0n) is 14.1. The number of Topliss-reactive ketones (excluding diaryl/α,β-unsaturated/α-hetero) is 1. The van der Waals surface area contributed by atoms with Crippen molar-refractivity contribution in [2.75, 3.05) is 7.11 Å². The maximum Gasteiger partial charge on any atom is 0.147 e. The van der Waals surface area contributed by atoms with Crippen LogP contribution in [0.5, 0.6) is 5.75 Å². The van der Waals surface area contributed by atoms with Crippen LogP contribution in [-0.2, 0) is 4.79 Å². The van der Waals surface area contributed by atoms with E-state index in [2.05, 4.69) is 18.2 Å². The van der Waals surface area contributed by atoms with Gasteiger partial charge >= 0.3 is 0 Å². The quantitative estimate of drug-likeness (QED) is 0.836. The van der Waals surface area contributed by atoms with Gasteiger partial charge in [0.05, 0.1) is 19.1 Å². The number of nitrogens with zero attached hydrogens (tertiary/aromatic N) is 1. The number of benzene rings is 2. The second-order valence-electron chi connectivity index (χ2n) is 7.41. The molecule has 3 saturated carbocycles. The molecule has 122 valence electrons. The highest BCUT2D eigenvalue weighted by atomic mass is 16.5. The van der Waals surface area contributed by atoms with Crippen LogP contribution in [0.1, 0.15) is 37.7 Å². The first-order valence-electron chi connectivity index (χ1n) is 8.59. The topological polar surface area (TPSA) is 50.1 Å². The molecule has 2 bridgehead atoms. The highest BCUT2D eigenvalue weighted by Crippen LogP contribution is 2.63. The molecule has 2 unspecified atom stereocenters. The summed E-state index contributed by atoms with van der Waals surface area (Å²) in [5.41, 5.74) is 0.673. The number of ether oxygens (including phenoxy) is 1. The minimum Gasteiger partial charge on any atom is -0.497 e. The van der Waals surface area contributed by atoms with Crippen molar-refractivity contribution >= 4 is 16.6 Å². The van der Waals surface area contributed by atoms with Gasteiger partial charge in [0, 0.05) is 11.3 Å². The third-order valence-electron chi connectivity index (χ3n) is 6.15. The van der Waals surface area contributed by atoms with E-state index in [0.29, 0.717) is 5.92 Å². The van der Waals surface area contributed by atoms with E-state index in [1.807, 2.05) is 31.2 Å². The Bertz CT molecular complexity index is 858. The lowest BCUT2D eigenvalue weighted by atomic mass is 9.61. The smallest absolute Gasteiger partial charge is 0.147 e. The van der Waals surface area contributed by atoms with Crippen molar-refractivity contribution < 1.29 is 9.53 Å². The lowest BCUT2D eigenvalue weighted by Gasteiger charge is -2.40. The molecule has 2 atom stereocenters. The van der Waals surface area contributed by atoms with Crippen LogP contribution in [0.15, 0.2) is 36.4 Å². The van der Waals surface area contributed by atoms with E-state index in [4.69, 9.17) is 4.74 Å². The maximum atomic E-state index is 13.1. The molecule has 0 aliphatic heterocycles. The largest absolute Gasteiger partial charge is 0.497 e. The summed E-state index contributed by atoms with van der Waals surface area (Å²) in [5.74, 6) is 1.45. The normalized spacial score (nSPS) is 28.9. The molecule has 24 heavy (non-hydrogen) atoms. The van der Waals surface area contributed by atoms with Crippen molar-refractivity contribution in [1.29, 1.82) is 5.26 Å². The molecular formula is C21H21NO2. The van der Waals surface area contributed by atoms with Crippen LogP contribution in [0.2, 0.25) is 0 Å².